The summed E-state index contributed by atoms with van der Waals surface area (Å²) in [6.07, 6.45) is -0.379. The third kappa shape index (κ3) is 7.27. The maximum atomic E-state index is 13.7. The predicted molar refractivity (Wildman–Crippen MR) is 165 cm³/mol. The fraction of sp³-hybridized carbons (Fsp3) is 0.355. The highest BCUT2D eigenvalue weighted by Crippen LogP contribution is 2.42. The fourth-order valence-corrected chi connectivity index (χ4v) is 6.00. The van der Waals surface area contributed by atoms with Crippen molar-refractivity contribution in [3.05, 3.63) is 70.9 Å². The SMILES string of the molecule is COc1ccccc1Oc1c(NS(=O)(=O)c2ccc(C(C)(C)C)cc2)nc(-c2ccsc2)nc1OCC1COC(C)(C)O1. The monoisotopic (exact) mass is 625 g/mol. The Bertz CT molecular complexity index is 1670. The second-order valence-corrected chi connectivity index (χ2v) is 13.9. The van der Waals surface area contributed by atoms with E-state index >= 15 is 0 Å². The molecule has 0 aliphatic carbocycles. The average molecular weight is 626 g/mol. The van der Waals surface area contributed by atoms with Crippen LogP contribution >= 0.6 is 11.3 Å². The van der Waals surface area contributed by atoms with Crippen molar-refractivity contribution in [3.8, 4) is 34.5 Å². The fourth-order valence-electron chi connectivity index (χ4n) is 4.36. The van der Waals surface area contributed by atoms with Gasteiger partial charge in [0.15, 0.2) is 28.9 Å². The highest BCUT2D eigenvalue weighted by molar-refractivity contribution is 7.92. The molecule has 2 aromatic carbocycles. The Morgan fingerprint density at radius 1 is 1.05 bits per heavy atom. The Balaban J connectivity index is 1.59. The Morgan fingerprint density at radius 2 is 1.77 bits per heavy atom. The highest BCUT2D eigenvalue weighted by atomic mass is 32.2. The Labute approximate surface area is 256 Å². The van der Waals surface area contributed by atoms with Crippen LogP contribution in [0.2, 0.25) is 0 Å². The molecule has 1 aliphatic heterocycles. The molecule has 12 heteroatoms. The van der Waals surface area contributed by atoms with E-state index in [1.165, 1.54) is 18.4 Å². The highest BCUT2D eigenvalue weighted by Gasteiger charge is 2.34. The van der Waals surface area contributed by atoms with E-state index in [1.54, 1.807) is 48.5 Å². The van der Waals surface area contributed by atoms with Crippen LogP contribution in [-0.2, 0) is 24.9 Å². The smallest absolute Gasteiger partial charge is 0.263 e. The summed E-state index contributed by atoms with van der Waals surface area (Å²) >= 11 is 1.46. The van der Waals surface area contributed by atoms with Gasteiger partial charge in [-0.1, -0.05) is 45.0 Å². The van der Waals surface area contributed by atoms with E-state index in [1.807, 2.05) is 30.7 Å². The molecule has 0 amide bonds. The largest absolute Gasteiger partial charge is 0.493 e. The molecule has 1 unspecified atom stereocenters. The first kappa shape index (κ1) is 30.7. The molecule has 1 fully saturated rings. The van der Waals surface area contributed by atoms with Gasteiger partial charge in [-0.15, -0.1) is 0 Å². The van der Waals surface area contributed by atoms with Gasteiger partial charge in [-0.3, -0.25) is 4.72 Å². The quantitative estimate of drug-likeness (QED) is 0.207. The van der Waals surface area contributed by atoms with Gasteiger partial charge in [0.25, 0.3) is 15.9 Å². The minimum absolute atomic E-state index is 0.0243. The minimum atomic E-state index is -4.10. The summed E-state index contributed by atoms with van der Waals surface area (Å²) in [6, 6.07) is 15.6. The molecular weight excluding hydrogens is 590 g/mol. The first-order valence-corrected chi connectivity index (χ1v) is 16.1. The van der Waals surface area contributed by atoms with E-state index in [2.05, 4.69) is 35.5 Å². The van der Waals surface area contributed by atoms with Crippen molar-refractivity contribution in [3.63, 3.8) is 0 Å². The molecule has 3 heterocycles. The van der Waals surface area contributed by atoms with Crippen molar-refractivity contribution < 1.29 is 32.1 Å². The van der Waals surface area contributed by atoms with E-state index in [-0.39, 0.29) is 46.3 Å². The number of rotatable bonds is 10. The zero-order chi connectivity index (χ0) is 30.8. The third-order valence-corrected chi connectivity index (χ3v) is 8.67. The molecule has 2 aromatic heterocycles. The van der Waals surface area contributed by atoms with E-state index in [4.69, 9.17) is 23.7 Å². The molecule has 4 aromatic rings. The van der Waals surface area contributed by atoms with Gasteiger partial charge in [0.1, 0.15) is 12.7 Å². The standard InChI is InChI=1S/C31H35N3O7S2/c1-30(2,3)21-11-13-23(14-12-21)43(35,36)34-28-26(40-25-10-8-7-9-24(25)37-6)29(33-27(32-28)20-15-16-42-19-20)38-17-22-18-39-31(4,5)41-22/h7-16,19,22H,17-18H2,1-6H3,(H,32,33,34). The van der Waals surface area contributed by atoms with Crippen molar-refractivity contribution in [1.82, 2.24) is 9.97 Å². The maximum absolute atomic E-state index is 13.7. The number of benzene rings is 2. The molecule has 0 bridgehead atoms. The topological polar surface area (TPSA) is 118 Å². The van der Waals surface area contributed by atoms with Crippen molar-refractivity contribution in [1.29, 1.82) is 0 Å². The van der Waals surface area contributed by atoms with Gasteiger partial charge in [0, 0.05) is 10.9 Å². The summed E-state index contributed by atoms with van der Waals surface area (Å²) in [5.41, 5.74) is 1.56. The molecule has 1 N–H and O–H groups in total. The number of anilines is 1. The first-order chi connectivity index (χ1) is 20.3. The number of hydrogen-bond acceptors (Lipinski definition) is 10. The summed E-state index contributed by atoms with van der Waals surface area (Å²) in [6.45, 7) is 10.2. The number of sulfonamides is 1. The molecule has 0 radical (unpaired) electrons. The molecule has 1 aliphatic rings. The van der Waals surface area contributed by atoms with Crippen LogP contribution in [0.4, 0.5) is 5.82 Å². The number of aromatic nitrogens is 2. The van der Waals surface area contributed by atoms with Crippen molar-refractivity contribution in [2.24, 2.45) is 0 Å². The number of methoxy groups -OCH3 is 1. The first-order valence-electron chi connectivity index (χ1n) is 13.7. The van der Waals surface area contributed by atoms with Gasteiger partial charge < -0.3 is 23.7 Å². The second kappa shape index (κ2) is 12.1. The van der Waals surface area contributed by atoms with E-state index in [0.717, 1.165) is 5.56 Å². The molecule has 1 saturated heterocycles. The van der Waals surface area contributed by atoms with Crippen LogP contribution in [0, 0.1) is 0 Å². The number of para-hydroxylation sites is 2. The van der Waals surface area contributed by atoms with Crippen molar-refractivity contribution >= 4 is 27.2 Å². The molecule has 43 heavy (non-hydrogen) atoms. The zero-order valence-electron chi connectivity index (χ0n) is 24.9. The van der Waals surface area contributed by atoms with Crippen LogP contribution in [0.15, 0.2) is 70.3 Å². The summed E-state index contributed by atoms with van der Waals surface area (Å²) in [4.78, 5) is 9.31. The van der Waals surface area contributed by atoms with Crippen molar-refractivity contribution in [2.75, 3.05) is 25.0 Å². The molecule has 0 spiro atoms. The lowest BCUT2D eigenvalue weighted by Gasteiger charge is -2.20. The van der Waals surface area contributed by atoms with Crippen LogP contribution < -0.4 is 18.9 Å². The van der Waals surface area contributed by atoms with Gasteiger partial charge in [0.2, 0.25) is 5.75 Å². The van der Waals surface area contributed by atoms with E-state index in [9.17, 15) is 8.42 Å². The van der Waals surface area contributed by atoms with E-state index in [0.29, 0.717) is 23.7 Å². The van der Waals surface area contributed by atoms with Crippen LogP contribution in [0.1, 0.15) is 40.2 Å². The Hall–Kier alpha value is -3.71. The molecule has 228 valence electrons. The lowest BCUT2D eigenvalue weighted by atomic mass is 9.87. The minimum Gasteiger partial charge on any atom is -0.493 e. The number of thiophene rings is 1. The number of nitrogens with zero attached hydrogens (tertiary/aromatic N) is 2. The lowest BCUT2D eigenvalue weighted by Crippen LogP contribution is -2.25. The summed E-state index contributed by atoms with van der Waals surface area (Å²) in [7, 11) is -2.59. The van der Waals surface area contributed by atoms with E-state index < -0.39 is 15.8 Å². The average Bonchev–Trinajstić information content (AvgIpc) is 3.62. The molecule has 5 rings (SSSR count). The van der Waals surface area contributed by atoms with Gasteiger partial charge in [0.05, 0.1) is 18.6 Å². The second-order valence-electron chi connectivity index (χ2n) is 11.4. The maximum Gasteiger partial charge on any atom is 0.263 e. The van der Waals surface area contributed by atoms with Crippen LogP contribution in [0.5, 0.6) is 23.1 Å². The molecule has 10 nitrogen and oxygen atoms in total. The number of hydrogen-bond donors (Lipinski definition) is 1. The molecule has 0 saturated carbocycles. The summed E-state index contributed by atoms with van der Waals surface area (Å²) in [5.74, 6) is 0.151. The summed E-state index contributed by atoms with van der Waals surface area (Å²) < 4.78 is 59.5. The van der Waals surface area contributed by atoms with Gasteiger partial charge in [-0.05, 0) is 60.5 Å². The Morgan fingerprint density at radius 3 is 2.37 bits per heavy atom. The van der Waals surface area contributed by atoms with Crippen LogP contribution in [0.3, 0.4) is 0 Å². The van der Waals surface area contributed by atoms with Gasteiger partial charge in [-0.2, -0.15) is 16.3 Å². The van der Waals surface area contributed by atoms with Crippen LogP contribution in [-0.4, -0.2) is 50.6 Å². The Kier molecular flexibility index (Phi) is 8.66. The van der Waals surface area contributed by atoms with Gasteiger partial charge in [-0.25, -0.2) is 13.4 Å². The lowest BCUT2D eigenvalue weighted by molar-refractivity contribution is -0.141. The third-order valence-electron chi connectivity index (χ3n) is 6.63. The van der Waals surface area contributed by atoms with Crippen molar-refractivity contribution in [2.45, 2.75) is 56.8 Å². The number of nitrogens with one attached hydrogen (secondary N) is 1. The normalized spacial score (nSPS) is 16.6. The molecule has 1 atom stereocenters. The van der Waals surface area contributed by atoms with Crippen LogP contribution in [0.25, 0.3) is 11.4 Å². The zero-order valence-corrected chi connectivity index (χ0v) is 26.5. The number of ether oxygens (including phenoxy) is 5. The molecular formula is C31H35N3O7S2. The predicted octanol–water partition coefficient (Wildman–Crippen LogP) is 6.63. The summed E-state index contributed by atoms with van der Waals surface area (Å²) in [5, 5.41) is 3.74. The van der Waals surface area contributed by atoms with Gasteiger partial charge >= 0.3 is 0 Å².